The van der Waals surface area contributed by atoms with Gasteiger partial charge in [-0.15, -0.1) is 0 Å². The van der Waals surface area contributed by atoms with Crippen molar-refractivity contribution in [3.05, 3.63) is 47.8 Å². The number of nitrogen functional groups attached to an aromatic ring is 1. The van der Waals surface area contributed by atoms with Crippen LogP contribution in [0.3, 0.4) is 0 Å². The van der Waals surface area contributed by atoms with Crippen molar-refractivity contribution in [1.29, 1.82) is 0 Å². The number of alkyl halides is 3. The number of nitrogens with two attached hydrogens (primary N) is 1. The van der Waals surface area contributed by atoms with E-state index in [1.807, 2.05) is 6.92 Å². The van der Waals surface area contributed by atoms with Gasteiger partial charge in [-0.3, -0.25) is 4.98 Å². The lowest BCUT2D eigenvalue weighted by molar-refractivity contribution is -0.137. The lowest BCUT2D eigenvalue weighted by Gasteiger charge is -2.10. The number of pyridine rings is 1. The molecule has 0 spiro atoms. The van der Waals surface area contributed by atoms with Crippen molar-refractivity contribution in [2.24, 2.45) is 0 Å². The van der Waals surface area contributed by atoms with Gasteiger partial charge < -0.3 is 5.73 Å². The smallest absolute Gasteiger partial charge is 0.399 e. The first-order chi connectivity index (χ1) is 8.36. The van der Waals surface area contributed by atoms with Gasteiger partial charge in [0.2, 0.25) is 0 Å². The normalized spacial score (nSPS) is 11.6. The zero-order valence-corrected chi connectivity index (χ0v) is 9.62. The zero-order chi connectivity index (χ0) is 13.3. The molecule has 94 valence electrons. The maximum atomic E-state index is 12.7. The number of aromatic nitrogens is 1. The largest absolute Gasteiger partial charge is 0.416 e. The molecule has 0 amide bonds. The van der Waals surface area contributed by atoms with E-state index in [9.17, 15) is 13.2 Å². The molecule has 1 heterocycles. The van der Waals surface area contributed by atoms with Crippen LogP contribution in [0.5, 0.6) is 0 Å². The third-order valence-corrected chi connectivity index (χ3v) is 2.49. The fourth-order valence-corrected chi connectivity index (χ4v) is 1.69. The number of hydrogen-bond acceptors (Lipinski definition) is 2. The second-order valence-electron chi connectivity index (χ2n) is 4.09. The molecule has 0 bridgehead atoms. The molecule has 18 heavy (non-hydrogen) atoms. The Morgan fingerprint density at radius 1 is 1.00 bits per heavy atom. The number of nitrogens with zero attached hydrogens (tertiary/aromatic N) is 1. The highest BCUT2D eigenvalue weighted by atomic mass is 19.4. The summed E-state index contributed by atoms with van der Waals surface area (Å²) in [4.78, 5) is 3.96. The summed E-state index contributed by atoms with van der Waals surface area (Å²) >= 11 is 0. The summed E-state index contributed by atoms with van der Waals surface area (Å²) in [6.45, 7) is 1.83. The molecule has 2 nitrogen and oxygen atoms in total. The third kappa shape index (κ3) is 2.61. The van der Waals surface area contributed by atoms with Gasteiger partial charge in [0.05, 0.1) is 5.56 Å². The molecule has 0 fully saturated rings. The van der Waals surface area contributed by atoms with E-state index in [0.717, 1.165) is 17.7 Å². The van der Waals surface area contributed by atoms with E-state index < -0.39 is 11.7 Å². The van der Waals surface area contributed by atoms with Crippen molar-refractivity contribution in [2.75, 3.05) is 5.73 Å². The van der Waals surface area contributed by atoms with Crippen LogP contribution in [0.25, 0.3) is 11.1 Å². The minimum absolute atomic E-state index is 0.0846. The average molecular weight is 252 g/mol. The first kappa shape index (κ1) is 12.4. The fraction of sp³-hybridized carbons (Fsp3) is 0.154. The van der Waals surface area contributed by atoms with Gasteiger partial charge in [-0.05, 0) is 42.3 Å². The topological polar surface area (TPSA) is 38.9 Å². The van der Waals surface area contributed by atoms with Crippen LogP contribution in [0.15, 0.2) is 36.7 Å². The highest BCUT2D eigenvalue weighted by molar-refractivity contribution is 5.68. The SMILES string of the molecule is Cc1cncc(-c2cc(N)cc(C(F)(F)F)c2)c1. The van der Waals surface area contributed by atoms with Crippen LogP contribution in [0, 0.1) is 6.92 Å². The Morgan fingerprint density at radius 3 is 2.33 bits per heavy atom. The Balaban J connectivity index is 2.55. The van der Waals surface area contributed by atoms with Crippen LogP contribution in [-0.2, 0) is 6.18 Å². The maximum absolute atomic E-state index is 12.7. The minimum atomic E-state index is -4.40. The molecular formula is C13H11F3N2. The molecule has 0 saturated heterocycles. The van der Waals surface area contributed by atoms with Gasteiger partial charge in [-0.25, -0.2) is 0 Å². The molecule has 0 aliphatic rings. The zero-order valence-electron chi connectivity index (χ0n) is 9.62. The quantitative estimate of drug-likeness (QED) is 0.786. The van der Waals surface area contributed by atoms with E-state index in [0.29, 0.717) is 11.1 Å². The molecular weight excluding hydrogens is 241 g/mol. The molecule has 0 saturated carbocycles. The fourth-order valence-electron chi connectivity index (χ4n) is 1.69. The highest BCUT2D eigenvalue weighted by Crippen LogP contribution is 2.34. The van der Waals surface area contributed by atoms with Crippen molar-refractivity contribution in [1.82, 2.24) is 4.98 Å². The molecule has 0 aliphatic carbocycles. The summed E-state index contributed by atoms with van der Waals surface area (Å²) in [7, 11) is 0. The lowest BCUT2D eigenvalue weighted by Crippen LogP contribution is -2.06. The highest BCUT2D eigenvalue weighted by Gasteiger charge is 2.31. The predicted molar refractivity (Wildman–Crippen MR) is 63.8 cm³/mol. The minimum Gasteiger partial charge on any atom is -0.399 e. The van der Waals surface area contributed by atoms with Gasteiger partial charge >= 0.3 is 6.18 Å². The molecule has 0 aliphatic heterocycles. The second-order valence-corrected chi connectivity index (χ2v) is 4.09. The molecule has 0 radical (unpaired) electrons. The van der Waals surface area contributed by atoms with Gasteiger partial charge in [0.25, 0.3) is 0 Å². The molecule has 1 aromatic carbocycles. The summed E-state index contributed by atoms with van der Waals surface area (Å²) < 4.78 is 38.0. The van der Waals surface area contributed by atoms with Gasteiger partial charge in [0.15, 0.2) is 0 Å². The number of aryl methyl sites for hydroxylation is 1. The van der Waals surface area contributed by atoms with Crippen LogP contribution >= 0.6 is 0 Å². The van der Waals surface area contributed by atoms with Gasteiger partial charge in [0, 0.05) is 23.6 Å². The second kappa shape index (κ2) is 4.33. The van der Waals surface area contributed by atoms with Crippen molar-refractivity contribution < 1.29 is 13.2 Å². The van der Waals surface area contributed by atoms with E-state index in [1.165, 1.54) is 12.3 Å². The number of rotatable bonds is 1. The van der Waals surface area contributed by atoms with Gasteiger partial charge in [-0.2, -0.15) is 13.2 Å². The monoisotopic (exact) mass is 252 g/mol. The van der Waals surface area contributed by atoms with Crippen LogP contribution in [0.4, 0.5) is 18.9 Å². The van der Waals surface area contributed by atoms with E-state index in [2.05, 4.69) is 4.98 Å². The van der Waals surface area contributed by atoms with Crippen LogP contribution < -0.4 is 5.73 Å². The summed E-state index contributed by atoms with van der Waals surface area (Å²) in [6, 6.07) is 5.27. The van der Waals surface area contributed by atoms with E-state index in [4.69, 9.17) is 5.73 Å². The number of hydrogen-bond donors (Lipinski definition) is 1. The first-order valence-electron chi connectivity index (χ1n) is 5.26. The Kier molecular flexibility index (Phi) is 2.98. The summed E-state index contributed by atoms with van der Waals surface area (Å²) in [5.74, 6) is 0. The lowest BCUT2D eigenvalue weighted by atomic mass is 10.0. The van der Waals surface area contributed by atoms with Crippen LogP contribution in [-0.4, -0.2) is 4.98 Å². The number of halogens is 3. The number of anilines is 1. The standard InChI is InChI=1S/C13H11F3N2/c1-8-2-10(7-18-6-8)9-3-11(13(14,15)16)5-12(17)4-9/h2-7H,17H2,1H3. The van der Waals surface area contributed by atoms with E-state index >= 15 is 0 Å². The third-order valence-electron chi connectivity index (χ3n) is 2.49. The molecule has 2 N–H and O–H groups in total. The molecule has 5 heteroatoms. The van der Waals surface area contributed by atoms with Crippen molar-refractivity contribution in [2.45, 2.75) is 13.1 Å². The predicted octanol–water partition coefficient (Wildman–Crippen LogP) is 3.66. The van der Waals surface area contributed by atoms with Crippen LogP contribution in [0.2, 0.25) is 0 Å². The molecule has 0 atom stereocenters. The van der Waals surface area contributed by atoms with Crippen molar-refractivity contribution in [3.63, 3.8) is 0 Å². The number of benzene rings is 1. The van der Waals surface area contributed by atoms with E-state index in [1.54, 1.807) is 12.3 Å². The Hall–Kier alpha value is -2.04. The molecule has 1 aromatic heterocycles. The Morgan fingerprint density at radius 2 is 1.72 bits per heavy atom. The first-order valence-corrected chi connectivity index (χ1v) is 5.26. The molecule has 2 rings (SSSR count). The molecule has 2 aromatic rings. The van der Waals surface area contributed by atoms with Gasteiger partial charge in [0.1, 0.15) is 0 Å². The van der Waals surface area contributed by atoms with Gasteiger partial charge in [-0.1, -0.05) is 0 Å². The summed E-state index contributed by atoms with van der Waals surface area (Å²) in [5, 5.41) is 0. The average Bonchev–Trinajstić information content (AvgIpc) is 2.27. The Bertz CT molecular complexity index is 577. The molecule has 0 unspecified atom stereocenters. The summed E-state index contributed by atoms with van der Waals surface area (Å²) in [6.07, 6.45) is -1.25. The Labute approximate surface area is 102 Å². The van der Waals surface area contributed by atoms with Crippen molar-refractivity contribution in [3.8, 4) is 11.1 Å². The van der Waals surface area contributed by atoms with Crippen LogP contribution in [0.1, 0.15) is 11.1 Å². The van der Waals surface area contributed by atoms with E-state index in [-0.39, 0.29) is 5.69 Å². The maximum Gasteiger partial charge on any atom is 0.416 e. The van der Waals surface area contributed by atoms with Crippen molar-refractivity contribution >= 4 is 5.69 Å². The summed E-state index contributed by atoms with van der Waals surface area (Å²) in [5.41, 5.74) is 6.76.